The fourth-order valence-corrected chi connectivity index (χ4v) is 3.48. The van der Waals surface area contributed by atoms with Crippen molar-refractivity contribution in [3.8, 4) is 0 Å². The SMILES string of the molecule is CCOCCCNC(=NCC(CC(C)C)N1CCOCC1)NCCc1ccco1.I. The molecule has 1 aromatic heterocycles. The Morgan fingerprint density at radius 1 is 1.23 bits per heavy atom. The van der Waals surface area contributed by atoms with Crippen LogP contribution in [0.15, 0.2) is 27.8 Å². The summed E-state index contributed by atoms with van der Waals surface area (Å²) in [5, 5.41) is 6.91. The molecular formula is C22H41IN4O3. The van der Waals surface area contributed by atoms with Crippen LogP contribution in [-0.4, -0.2) is 76.1 Å². The second kappa shape index (κ2) is 16.8. The molecule has 2 N–H and O–H groups in total. The fraction of sp³-hybridized carbons (Fsp3) is 0.773. The first-order valence-corrected chi connectivity index (χ1v) is 11.1. The van der Waals surface area contributed by atoms with Gasteiger partial charge >= 0.3 is 0 Å². The Bertz CT molecular complexity index is 549. The van der Waals surface area contributed by atoms with Gasteiger partial charge in [0.2, 0.25) is 0 Å². The maximum Gasteiger partial charge on any atom is 0.191 e. The van der Waals surface area contributed by atoms with Gasteiger partial charge in [0.1, 0.15) is 5.76 Å². The molecule has 1 atom stereocenters. The Labute approximate surface area is 199 Å². The van der Waals surface area contributed by atoms with Crippen LogP contribution in [0.1, 0.15) is 39.4 Å². The Hall–Kier alpha value is -0.840. The van der Waals surface area contributed by atoms with E-state index in [2.05, 4.69) is 29.4 Å². The summed E-state index contributed by atoms with van der Waals surface area (Å²) in [5.74, 6) is 2.50. The quantitative estimate of drug-likeness (QED) is 0.175. The second-order valence-corrected chi connectivity index (χ2v) is 7.85. The largest absolute Gasteiger partial charge is 0.469 e. The number of guanidine groups is 1. The molecule has 2 rings (SSSR count). The molecule has 1 saturated heterocycles. The number of furan rings is 1. The van der Waals surface area contributed by atoms with Crippen molar-refractivity contribution in [3.05, 3.63) is 24.2 Å². The molecule has 0 amide bonds. The first-order valence-electron chi connectivity index (χ1n) is 11.1. The zero-order valence-electron chi connectivity index (χ0n) is 18.9. The minimum absolute atomic E-state index is 0. The van der Waals surface area contributed by atoms with Crippen molar-refractivity contribution < 1.29 is 13.9 Å². The topological polar surface area (TPSA) is 71.3 Å². The van der Waals surface area contributed by atoms with Gasteiger partial charge in [0.15, 0.2) is 5.96 Å². The van der Waals surface area contributed by atoms with Crippen molar-refractivity contribution in [2.24, 2.45) is 10.9 Å². The smallest absolute Gasteiger partial charge is 0.191 e. The van der Waals surface area contributed by atoms with Crippen LogP contribution < -0.4 is 10.6 Å². The zero-order valence-corrected chi connectivity index (χ0v) is 21.2. The average Bonchev–Trinajstić information content (AvgIpc) is 3.24. The van der Waals surface area contributed by atoms with E-state index in [0.717, 1.165) is 90.1 Å². The molecule has 0 saturated carbocycles. The molecule has 1 unspecified atom stereocenters. The lowest BCUT2D eigenvalue weighted by atomic mass is 10.0. The highest BCUT2D eigenvalue weighted by molar-refractivity contribution is 14.0. The molecule has 2 heterocycles. The normalized spacial score (nSPS) is 16.3. The lowest BCUT2D eigenvalue weighted by Crippen LogP contribution is -2.46. The molecule has 1 fully saturated rings. The molecular weight excluding hydrogens is 495 g/mol. The molecule has 0 bridgehead atoms. The minimum atomic E-state index is 0. The lowest BCUT2D eigenvalue weighted by molar-refractivity contribution is 0.0143. The summed E-state index contributed by atoms with van der Waals surface area (Å²) in [6, 6.07) is 4.38. The third-order valence-corrected chi connectivity index (χ3v) is 4.97. The van der Waals surface area contributed by atoms with Crippen molar-refractivity contribution in [1.29, 1.82) is 0 Å². The molecule has 1 aliphatic rings. The standard InChI is InChI=1S/C22H40N4O3.HI/c1-4-27-13-6-9-23-22(24-10-8-21-7-5-14-29-21)25-18-20(17-19(2)3)26-11-15-28-16-12-26;/h5,7,14,19-20H,4,6,8-13,15-18H2,1-3H3,(H2,23,24,25);1H. The van der Waals surface area contributed by atoms with E-state index in [1.165, 1.54) is 0 Å². The predicted octanol–water partition coefficient (Wildman–Crippen LogP) is 3.15. The highest BCUT2D eigenvalue weighted by atomic mass is 127. The summed E-state index contributed by atoms with van der Waals surface area (Å²) in [5.41, 5.74) is 0. The van der Waals surface area contributed by atoms with E-state index in [1.54, 1.807) is 6.26 Å². The summed E-state index contributed by atoms with van der Waals surface area (Å²) in [6.45, 7) is 14.2. The Balaban J connectivity index is 0.00000450. The molecule has 0 spiro atoms. The summed E-state index contributed by atoms with van der Waals surface area (Å²) in [6.07, 6.45) is 4.67. The van der Waals surface area contributed by atoms with Gasteiger partial charge in [0.05, 0.1) is 26.0 Å². The summed E-state index contributed by atoms with van der Waals surface area (Å²) in [7, 11) is 0. The van der Waals surface area contributed by atoms with Crippen LogP contribution in [0.2, 0.25) is 0 Å². The molecule has 7 nitrogen and oxygen atoms in total. The van der Waals surface area contributed by atoms with Crippen molar-refractivity contribution in [3.63, 3.8) is 0 Å². The second-order valence-electron chi connectivity index (χ2n) is 7.85. The maximum absolute atomic E-state index is 5.53. The van der Waals surface area contributed by atoms with Gasteiger partial charge in [-0.3, -0.25) is 9.89 Å². The van der Waals surface area contributed by atoms with E-state index in [4.69, 9.17) is 18.9 Å². The number of nitrogens with zero attached hydrogens (tertiary/aromatic N) is 2. The van der Waals surface area contributed by atoms with Crippen LogP contribution >= 0.6 is 24.0 Å². The van der Waals surface area contributed by atoms with Crippen LogP contribution in [0.25, 0.3) is 0 Å². The summed E-state index contributed by atoms with van der Waals surface area (Å²) in [4.78, 5) is 7.46. The van der Waals surface area contributed by atoms with Gasteiger partial charge in [0, 0.05) is 51.9 Å². The van der Waals surface area contributed by atoms with Crippen LogP contribution in [0, 0.1) is 5.92 Å². The predicted molar refractivity (Wildman–Crippen MR) is 133 cm³/mol. The zero-order chi connectivity index (χ0) is 20.7. The van der Waals surface area contributed by atoms with E-state index < -0.39 is 0 Å². The molecule has 30 heavy (non-hydrogen) atoms. The van der Waals surface area contributed by atoms with Gasteiger partial charge in [-0.15, -0.1) is 24.0 Å². The molecule has 0 radical (unpaired) electrons. The Morgan fingerprint density at radius 2 is 2.00 bits per heavy atom. The average molecular weight is 536 g/mol. The molecule has 0 aromatic carbocycles. The van der Waals surface area contributed by atoms with Gasteiger partial charge in [-0.2, -0.15) is 0 Å². The number of hydrogen-bond acceptors (Lipinski definition) is 5. The van der Waals surface area contributed by atoms with Gasteiger partial charge in [-0.25, -0.2) is 0 Å². The number of hydrogen-bond donors (Lipinski definition) is 2. The van der Waals surface area contributed by atoms with E-state index in [0.29, 0.717) is 12.0 Å². The molecule has 8 heteroatoms. The fourth-order valence-electron chi connectivity index (χ4n) is 3.48. The van der Waals surface area contributed by atoms with Crippen LogP contribution in [0.5, 0.6) is 0 Å². The molecule has 1 aliphatic heterocycles. The molecule has 1 aromatic rings. The van der Waals surface area contributed by atoms with Gasteiger partial charge in [-0.05, 0) is 37.8 Å². The van der Waals surface area contributed by atoms with Crippen molar-refractivity contribution in [1.82, 2.24) is 15.5 Å². The molecule has 0 aliphatic carbocycles. The number of rotatable bonds is 13. The third kappa shape index (κ3) is 11.5. The summed E-state index contributed by atoms with van der Waals surface area (Å²) < 4.78 is 16.4. The highest BCUT2D eigenvalue weighted by Crippen LogP contribution is 2.14. The van der Waals surface area contributed by atoms with E-state index in [9.17, 15) is 0 Å². The van der Waals surface area contributed by atoms with Crippen LogP contribution in [0.4, 0.5) is 0 Å². The number of halogens is 1. The Kier molecular flexibility index (Phi) is 15.2. The van der Waals surface area contributed by atoms with Gasteiger partial charge in [-0.1, -0.05) is 13.8 Å². The van der Waals surface area contributed by atoms with E-state index >= 15 is 0 Å². The van der Waals surface area contributed by atoms with E-state index in [1.807, 2.05) is 19.1 Å². The third-order valence-electron chi connectivity index (χ3n) is 4.97. The van der Waals surface area contributed by atoms with Gasteiger partial charge < -0.3 is 24.5 Å². The van der Waals surface area contributed by atoms with Crippen molar-refractivity contribution in [2.45, 2.75) is 46.1 Å². The lowest BCUT2D eigenvalue weighted by Gasteiger charge is -2.34. The van der Waals surface area contributed by atoms with Crippen LogP contribution in [0.3, 0.4) is 0 Å². The maximum atomic E-state index is 5.53. The Morgan fingerprint density at radius 3 is 2.67 bits per heavy atom. The van der Waals surface area contributed by atoms with Crippen molar-refractivity contribution >= 4 is 29.9 Å². The highest BCUT2D eigenvalue weighted by Gasteiger charge is 2.21. The van der Waals surface area contributed by atoms with Crippen molar-refractivity contribution in [2.75, 3.05) is 59.2 Å². The monoisotopic (exact) mass is 536 g/mol. The number of aliphatic imine (C=N–C) groups is 1. The van der Waals surface area contributed by atoms with Gasteiger partial charge in [0.25, 0.3) is 0 Å². The number of morpholine rings is 1. The van der Waals surface area contributed by atoms with Crippen LogP contribution in [-0.2, 0) is 15.9 Å². The molecule has 174 valence electrons. The minimum Gasteiger partial charge on any atom is -0.469 e. The van der Waals surface area contributed by atoms with E-state index in [-0.39, 0.29) is 24.0 Å². The number of nitrogens with one attached hydrogen (secondary N) is 2. The first-order chi connectivity index (χ1) is 14.2. The number of ether oxygens (including phenoxy) is 2. The summed E-state index contributed by atoms with van der Waals surface area (Å²) >= 11 is 0. The first kappa shape index (κ1) is 27.2.